The number of benzene rings is 2. The number of nitrogens with one attached hydrogen (secondary N) is 2. The van der Waals surface area contributed by atoms with Crippen molar-refractivity contribution < 1.29 is 14.3 Å². The fourth-order valence-corrected chi connectivity index (χ4v) is 3.00. The average molecular weight is 373 g/mol. The highest BCUT2D eigenvalue weighted by Gasteiger charge is 2.27. The number of amides is 1. The van der Waals surface area contributed by atoms with Gasteiger partial charge in [-0.15, -0.1) is 0 Å². The summed E-state index contributed by atoms with van der Waals surface area (Å²) in [6.07, 6.45) is 0. The lowest BCUT2D eigenvalue weighted by molar-refractivity contribution is 0.00312. The Bertz CT molecular complexity index is 938. The molecule has 0 aliphatic heterocycles. The van der Waals surface area contributed by atoms with E-state index >= 15 is 0 Å². The van der Waals surface area contributed by atoms with Crippen molar-refractivity contribution in [2.75, 3.05) is 20.8 Å². The van der Waals surface area contributed by atoms with Gasteiger partial charge in [-0.3, -0.25) is 4.79 Å². The number of aromatic nitrogens is 1. The molecule has 5 nitrogen and oxygen atoms in total. The molecular weight excluding hydrogens is 352 g/mol. The van der Waals surface area contributed by atoms with Crippen molar-refractivity contribution >= 4 is 28.4 Å². The zero-order chi connectivity index (χ0) is 18.7. The summed E-state index contributed by atoms with van der Waals surface area (Å²) in [5.41, 5.74) is 1.54. The molecule has 26 heavy (non-hydrogen) atoms. The van der Waals surface area contributed by atoms with E-state index in [1.807, 2.05) is 49.4 Å². The summed E-state index contributed by atoms with van der Waals surface area (Å²) in [5.74, 6) is 0.532. The highest BCUT2D eigenvalue weighted by Crippen LogP contribution is 2.26. The van der Waals surface area contributed by atoms with Gasteiger partial charge in [-0.2, -0.15) is 0 Å². The summed E-state index contributed by atoms with van der Waals surface area (Å²) in [5, 5.41) is 4.50. The van der Waals surface area contributed by atoms with Gasteiger partial charge >= 0.3 is 0 Å². The van der Waals surface area contributed by atoms with Gasteiger partial charge in [0.05, 0.1) is 13.7 Å². The molecule has 0 spiro atoms. The van der Waals surface area contributed by atoms with Crippen LogP contribution in [0.3, 0.4) is 0 Å². The molecule has 3 rings (SSSR count). The van der Waals surface area contributed by atoms with E-state index in [2.05, 4.69) is 10.3 Å². The predicted octanol–water partition coefficient (Wildman–Crippen LogP) is 4.12. The van der Waals surface area contributed by atoms with E-state index in [0.717, 1.165) is 22.2 Å². The molecule has 3 aromatic rings. The second-order valence-corrected chi connectivity index (χ2v) is 6.70. The molecule has 0 saturated heterocycles. The number of halogens is 1. The Morgan fingerprint density at radius 3 is 2.69 bits per heavy atom. The van der Waals surface area contributed by atoms with Crippen LogP contribution in [-0.2, 0) is 10.3 Å². The largest absolute Gasteiger partial charge is 0.497 e. The number of hydrogen-bond acceptors (Lipinski definition) is 3. The zero-order valence-electron chi connectivity index (χ0n) is 14.9. The monoisotopic (exact) mass is 372 g/mol. The Labute approximate surface area is 157 Å². The Balaban J connectivity index is 1.76. The number of rotatable bonds is 6. The van der Waals surface area contributed by atoms with Crippen molar-refractivity contribution in [3.8, 4) is 5.75 Å². The SMILES string of the molecule is COc1ccc2cc(C(=O)NC[C@@](C)(OC)c3cccc(Cl)c3)[nH]c2c1. The Hall–Kier alpha value is -2.50. The first-order valence-electron chi connectivity index (χ1n) is 8.21. The van der Waals surface area contributed by atoms with Gasteiger partial charge in [-0.05, 0) is 42.8 Å². The molecule has 0 fully saturated rings. The van der Waals surface area contributed by atoms with Gasteiger partial charge in [-0.25, -0.2) is 0 Å². The van der Waals surface area contributed by atoms with Crippen LogP contribution < -0.4 is 10.1 Å². The summed E-state index contributed by atoms with van der Waals surface area (Å²) >= 11 is 6.08. The molecule has 0 bridgehead atoms. The molecule has 1 heterocycles. The number of ether oxygens (including phenoxy) is 2. The van der Waals surface area contributed by atoms with E-state index in [0.29, 0.717) is 17.3 Å². The predicted molar refractivity (Wildman–Crippen MR) is 103 cm³/mol. The minimum atomic E-state index is -0.685. The Morgan fingerprint density at radius 2 is 2.00 bits per heavy atom. The van der Waals surface area contributed by atoms with Gasteiger partial charge in [0, 0.05) is 29.1 Å². The average Bonchev–Trinajstić information content (AvgIpc) is 3.09. The fraction of sp³-hybridized carbons (Fsp3) is 0.250. The van der Waals surface area contributed by atoms with E-state index in [4.69, 9.17) is 21.1 Å². The second kappa shape index (κ2) is 7.40. The number of methoxy groups -OCH3 is 2. The van der Waals surface area contributed by atoms with Crippen molar-refractivity contribution in [2.24, 2.45) is 0 Å². The number of carbonyl (C=O) groups is 1. The van der Waals surface area contributed by atoms with Gasteiger partial charge in [0.15, 0.2) is 0 Å². The maximum absolute atomic E-state index is 12.6. The summed E-state index contributed by atoms with van der Waals surface area (Å²) in [6, 6.07) is 14.9. The highest BCUT2D eigenvalue weighted by molar-refractivity contribution is 6.30. The van der Waals surface area contributed by atoms with Gasteiger partial charge in [0.25, 0.3) is 5.91 Å². The molecule has 1 atom stereocenters. The van der Waals surface area contributed by atoms with Gasteiger partial charge in [0.2, 0.25) is 0 Å². The minimum absolute atomic E-state index is 0.203. The third-order valence-electron chi connectivity index (χ3n) is 4.55. The lowest BCUT2D eigenvalue weighted by atomic mass is 9.95. The van der Waals surface area contributed by atoms with Gasteiger partial charge in [-0.1, -0.05) is 23.7 Å². The quantitative estimate of drug-likeness (QED) is 0.684. The van der Waals surface area contributed by atoms with Crippen LogP contribution in [0.25, 0.3) is 10.9 Å². The normalized spacial score (nSPS) is 13.4. The first-order valence-corrected chi connectivity index (χ1v) is 8.59. The number of aromatic amines is 1. The molecule has 0 saturated carbocycles. The topological polar surface area (TPSA) is 63.4 Å². The molecule has 2 aromatic carbocycles. The molecular formula is C20H21ClN2O3. The smallest absolute Gasteiger partial charge is 0.267 e. The molecule has 0 aliphatic carbocycles. The highest BCUT2D eigenvalue weighted by atomic mass is 35.5. The first kappa shape index (κ1) is 18.3. The van der Waals surface area contributed by atoms with Crippen LogP contribution in [0.4, 0.5) is 0 Å². The molecule has 2 N–H and O–H groups in total. The molecule has 0 unspecified atom stereocenters. The summed E-state index contributed by atoms with van der Waals surface area (Å²) in [6.45, 7) is 2.22. The third-order valence-corrected chi connectivity index (χ3v) is 4.78. The van der Waals surface area contributed by atoms with E-state index in [1.54, 1.807) is 20.3 Å². The summed E-state index contributed by atoms with van der Waals surface area (Å²) in [7, 11) is 3.22. The molecule has 1 aromatic heterocycles. The molecule has 1 amide bonds. The maximum Gasteiger partial charge on any atom is 0.267 e. The van der Waals surface area contributed by atoms with Crippen molar-refractivity contribution in [3.05, 3.63) is 64.8 Å². The standard InChI is InChI=1S/C20H21ClN2O3/c1-20(26-3,14-5-4-6-15(21)10-14)12-22-19(24)18-9-13-7-8-16(25-2)11-17(13)23-18/h4-11,23H,12H2,1-3H3,(H,22,24)/t20-/m1/s1. The van der Waals surface area contributed by atoms with Crippen LogP contribution in [0.5, 0.6) is 5.75 Å². The van der Waals surface area contributed by atoms with Crippen LogP contribution in [0.1, 0.15) is 23.0 Å². The summed E-state index contributed by atoms with van der Waals surface area (Å²) < 4.78 is 10.9. The lowest BCUT2D eigenvalue weighted by Crippen LogP contribution is -2.40. The molecule has 0 aliphatic rings. The number of H-pyrrole nitrogens is 1. The third kappa shape index (κ3) is 3.69. The second-order valence-electron chi connectivity index (χ2n) is 6.26. The minimum Gasteiger partial charge on any atom is -0.497 e. The van der Waals surface area contributed by atoms with Crippen LogP contribution in [0.2, 0.25) is 5.02 Å². The van der Waals surface area contributed by atoms with Crippen LogP contribution >= 0.6 is 11.6 Å². The Morgan fingerprint density at radius 1 is 1.19 bits per heavy atom. The fourth-order valence-electron chi connectivity index (χ4n) is 2.81. The van der Waals surface area contributed by atoms with Crippen LogP contribution in [0, 0.1) is 0 Å². The first-order chi connectivity index (χ1) is 12.4. The number of fused-ring (bicyclic) bond motifs is 1. The molecule has 6 heteroatoms. The van der Waals surface area contributed by atoms with Gasteiger partial charge < -0.3 is 19.8 Å². The van der Waals surface area contributed by atoms with E-state index in [1.165, 1.54) is 0 Å². The van der Waals surface area contributed by atoms with Gasteiger partial charge in [0.1, 0.15) is 17.0 Å². The van der Waals surface area contributed by atoms with Crippen LogP contribution in [0.15, 0.2) is 48.5 Å². The zero-order valence-corrected chi connectivity index (χ0v) is 15.7. The maximum atomic E-state index is 12.6. The van der Waals surface area contributed by atoms with Crippen molar-refractivity contribution in [3.63, 3.8) is 0 Å². The van der Waals surface area contributed by atoms with E-state index in [-0.39, 0.29) is 5.91 Å². The van der Waals surface area contributed by atoms with Crippen molar-refractivity contribution in [1.29, 1.82) is 0 Å². The van der Waals surface area contributed by atoms with Crippen molar-refractivity contribution in [1.82, 2.24) is 10.3 Å². The molecule has 0 radical (unpaired) electrons. The van der Waals surface area contributed by atoms with Crippen molar-refractivity contribution in [2.45, 2.75) is 12.5 Å². The Kier molecular flexibility index (Phi) is 5.20. The number of carbonyl (C=O) groups excluding carboxylic acids is 1. The van der Waals surface area contributed by atoms with Crippen LogP contribution in [-0.4, -0.2) is 31.7 Å². The number of hydrogen-bond donors (Lipinski definition) is 2. The van der Waals surface area contributed by atoms with E-state index < -0.39 is 5.60 Å². The molecule has 136 valence electrons. The van der Waals surface area contributed by atoms with E-state index in [9.17, 15) is 4.79 Å². The summed E-state index contributed by atoms with van der Waals surface area (Å²) in [4.78, 5) is 15.7. The lowest BCUT2D eigenvalue weighted by Gasteiger charge is -2.29.